The van der Waals surface area contributed by atoms with Crippen molar-refractivity contribution >= 4 is 0 Å². The van der Waals surface area contributed by atoms with Crippen LogP contribution in [0.2, 0.25) is 0 Å². The SMILES string of the molecule is COC1(c2cccc(O)c2)CCNC1. The van der Waals surface area contributed by atoms with E-state index in [0.717, 1.165) is 25.1 Å². The van der Waals surface area contributed by atoms with Crippen molar-refractivity contribution in [3.63, 3.8) is 0 Å². The molecule has 76 valence electrons. The molecule has 0 aromatic heterocycles. The van der Waals surface area contributed by atoms with E-state index in [-0.39, 0.29) is 5.60 Å². The van der Waals surface area contributed by atoms with Gasteiger partial charge >= 0.3 is 0 Å². The lowest BCUT2D eigenvalue weighted by atomic mass is 9.92. The Kier molecular flexibility index (Phi) is 2.44. The summed E-state index contributed by atoms with van der Waals surface area (Å²) < 4.78 is 5.57. The Bertz CT molecular complexity index is 319. The van der Waals surface area contributed by atoms with Crippen LogP contribution in [0.4, 0.5) is 0 Å². The molecule has 2 N–H and O–H groups in total. The van der Waals surface area contributed by atoms with E-state index in [9.17, 15) is 5.11 Å². The zero-order valence-electron chi connectivity index (χ0n) is 8.29. The van der Waals surface area contributed by atoms with E-state index < -0.39 is 0 Å². The third-order valence-corrected chi connectivity index (χ3v) is 2.88. The lowest BCUT2D eigenvalue weighted by Crippen LogP contribution is -2.30. The second-order valence-corrected chi connectivity index (χ2v) is 3.68. The smallest absolute Gasteiger partial charge is 0.115 e. The maximum Gasteiger partial charge on any atom is 0.115 e. The van der Waals surface area contributed by atoms with Crippen LogP contribution in [0.5, 0.6) is 5.75 Å². The van der Waals surface area contributed by atoms with Crippen LogP contribution in [0.3, 0.4) is 0 Å². The molecule has 0 aliphatic carbocycles. The molecule has 0 radical (unpaired) electrons. The quantitative estimate of drug-likeness (QED) is 0.742. The minimum Gasteiger partial charge on any atom is -0.508 e. The molecule has 3 heteroatoms. The molecule has 1 heterocycles. The van der Waals surface area contributed by atoms with Gasteiger partial charge in [0.1, 0.15) is 11.4 Å². The fourth-order valence-corrected chi connectivity index (χ4v) is 2.00. The zero-order chi connectivity index (χ0) is 10.0. The predicted molar refractivity (Wildman–Crippen MR) is 54.3 cm³/mol. The zero-order valence-corrected chi connectivity index (χ0v) is 8.29. The third kappa shape index (κ3) is 1.49. The van der Waals surface area contributed by atoms with Crippen LogP contribution in [-0.4, -0.2) is 25.3 Å². The van der Waals surface area contributed by atoms with Crippen molar-refractivity contribution in [1.29, 1.82) is 0 Å². The van der Waals surface area contributed by atoms with E-state index in [1.807, 2.05) is 12.1 Å². The number of ether oxygens (including phenoxy) is 1. The van der Waals surface area contributed by atoms with Gasteiger partial charge in [0.05, 0.1) is 0 Å². The summed E-state index contributed by atoms with van der Waals surface area (Å²) in [5.74, 6) is 0.297. The average Bonchev–Trinajstić information content (AvgIpc) is 2.67. The molecule has 0 bridgehead atoms. The number of hydrogen-bond donors (Lipinski definition) is 2. The van der Waals surface area contributed by atoms with Gasteiger partial charge in [0, 0.05) is 13.7 Å². The first-order chi connectivity index (χ1) is 6.77. The molecule has 0 saturated carbocycles. The van der Waals surface area contributed by atoms with Gasteiger partial charge < -0.3 is 15.2 Å². The van der Waals surface area contributed by atoms with Crippen LogP contribution in [0.25, 0.3) is 0 Å². The summed E-state index contributed by atoms with van der Waals surface area (Å²) in [7, 11) is 1.72. The first-order valence-electron chi connectivity index (χ1n) is 4.82. The van der Waals surface area contributed by atoms with Crippen LogP contribution in [-0.2, 0) is 10.3 Å². The molecule has 1 aliphatic rings. The molecular weight excluding hydrogens is 178 g/mol. The van der Waals surface area contributed by atoms with Gasteiger partial charge in [-0.1, -0.05) is 12.1 Å². The summed E-state index contributed by atoms with van der Waals surface area (Å²) in [5.41, 5.74) is 0.795. The molecule has 1 fully saturated rings. The van der Waals surface area contributed by atoms with Crippen LogP contribution in [0.1, 0.15) is 12.0 Å². The fraction of sp³-hybridized carbons (Fsp3) is 0.455. The van der Waals surface area contributed by atoms with Gasteiger partial charge in [0.15, 0.2) is 0 Å². The highest BCUT2D eigenvalue weighted by atomic mass is 16.5. The number of methoxy groups -OCH3 is 1. The maximum atomic E-state index is 9.41. The van der Waals surface area contributed by atoms with Crippen molar-refractivity contribution in [1.82, 2.24) is 5.32 Å². The van der Waals surface area contributed by atoms with Gasteiger partial charge in [-0.2, -0.15) is 0 Å². The van der Waals surface area contributed by atoms with Crippen LogP contribution < -0.4 is 5.32 Å². The lowest BCUT2D eigenvalue weighted by Gasteiger charge is -2.27. The van der Waals surface area contributed by atoms with Gasteiger partial charge in [-0.05, 0) is 30.7 Å². The van der Waals surface area contributed by atoms with Crippen LogP contribution in [0, 0.1) is 0 Å². The molecular formula is C11H15NO2. The molecule has 0 spiro atoms. The molecule has 1 atom stereocenters. The van der Waals surface area contributed by atoms with Gasteiger partial charge in [-0.15, -0.1) is 0 Å². The number of aromatic hydroxyl groups is 1. The molecule has 1 unspecified atom stereocenters. The van der Waals surface area contributed by atoms with E-state index in [1.165, 1.54) is 0 Å². The van der Waals surface area contributed by atoms with E-state index in [1.54, 1.807) is 19.2 Å². The van der Waals surface area contributed by atoms with E-state index >= 15 is 0 Å². The Morgan fingerprint density at radius 1 is 1.50 bits per heavy atom. The maximum absolute atomic E-state index is 9.41. The second kappa shape index (κ2) is 3.59. The summed E-state index contributed by atoms with van der Waals surface area (Å²) >= 11 is 0. The normalized spacial score (nSPS) is 26.6. The summed E-state index contributed by atoms with van der Waals surface area (Å²) in [5, 5.41) is 12.7. The number of phenols is 1. The number of phenolic OH excluding ortho intramolecular Hbond substituents is 1. The monoisotopic (exact) mass is 193 g/mol. The van der Waals surface area contributed by atoms with Crippen LogP contribution >= 0.6 is 0 Å². The summed E-state index contributed by atoms with van der Waals surface area (Å²) in [6, 6.07) is 7.30. The lowest BCUT2D eigenvalue weighted by molar-refractivity contribution is 0.00310. The van der Waals surface area contributed by atoms with Gasteiger partial charge in [0.25, 0.3) is 0 Å². The molecule has 3 nitrogen and oxygen atoms in total. The molecule has 1 aromatic carbocycles. The molecule has 14 heavy (non-hydrogen) atoms. The van der Waals surface area contributed by atoms with Crippen molar-refractivity contribution in [2.24, 2.45) is 0 Å². The summed E-state index contributed by atoms with van der Waals surface area (Å²) in [6.07, 6.45) is 0.951. The Morgan fingerprint density at radius 2 is 2.36 bits per heavy atom. The molecule has 1 aliphatic heterocycles. The number of hydrogen-bond acceptors (Lipinski definition) is 3. The highest BCUT2D eigenvalue weighted by molar-refractivity contribution is 5.32. The van der Waals surface area contributed by atoms with E-state index in [4.69, 9.17) is 4.74 Å². The van der Waals surface area contributed by atoms with Gasteiger partial charge in [-0.3, -0.25) is 0 Å². The van der Waals surface area contributed by atoms with Crippen LogP contribution in [0.15, 0.2) is 24.3 Å². The van der Waals surface area contributed by atoms with E-state index in [2.05, 4.69) is 5.32 Å². The fourth-order valence-electron chi connectivity index (χ4n) is 2.00. The number of benzene rings is 1. The van der Waals surface area contributed by atoms with Crippen molar-refractivity contribution in [3.05, 3.63) is 29.8 Å². The number of nitrogens with one attached hydrogen (secondary N) is 1. The molecule has 1 saturated heterocycles. The van der Waals surface area contributed by atoms with Crippen molar-refractivity contribution in [2.45, 2.75) is 12.0 Å². The minimum atomic E-state index is -0.251. The molecule has 1 aromatic rings. The van der Waals surface area contributed by atoms with Gasteiger partial charge in [0.2, 0.25) is 0 Å². The van der Waals surface area contributed by atoms with Crippen molar-refractivity contribution in [2.75, 3.05) is 20.2 Å². The van der Waals surface area contributed by atoms with Crippen molar-refractivity contribution < 1.29 is 9.84 Å². The highest BCUT2D eigenvalue weighted by Crippen LogP contribution is 2.32. The van der Waals surface area contributed by atoms with Gasteiger partial charge in [-0.25, -0.2) is 0 Å². The number of rotatable bonds is 2. The molecule has 0 amide bonds. The predicted octanol–water partition coefficient (Wildman–Crippen LogP) is 1.23. The largest absolute Gasteiger partial charge is 0.508 e. The molecule has 2 rings (SSSR count). The average molecular weight is 193 g/mol. The first-order valence-corrected chi connectivity index (χ1v) is 4.82. The highest BCUT2D eigenvalue weighted by Gasteiger charge is 2.35. The second-order valence-electron chi connectivity index (χ2n) is 3.68. The third-order valence-electron chi connectivity index (χ3n) is 2.88. The standard InChI is InChI=1S/C11H15NO2/c1-14-11(5-6-12-8-11)9-3-2-4-10(13)7-9/h2-4,7,12-13H,5-6,8H2,1H3. The van der Waals surface area contributed by atoms with E-state index in [0.29, 0.717) is 5.75 Å². The Hall–Kier alpha value is -1.06. The Balaban J connectivity index is 2.35. The first kappa shape index (κ1) is 9.49. The summed E-state index contributed by atoms with van der Waals surface area (Å²) in [6.45, 7) is 1.77. The summed E-state index contributed by atoms with van der Waals surface area (Å²) in [4.78, 5) is 0. The Morgan fingerprint density at radius 3 is 2.93 bits per heavy atom. The topological polar surface area (TPSA) is 41.5 Å². The Labute approximate surface area is 83.7 Å². The van der Waals surface area contributed by atoms with Crippen molar-refractivity contribution in [3.8, 4) is 5.75 Å². The minimum absolute atomic E-state index is 0.251.